The predicted molar refractivity (Wildman–Crippen MR) is 77.0 cm³/mol. The number of methoxy groups -OCH3 is 2. The highest BCUT2D eigenvalue weighted by atomic mass is 35.5. The molecule has 0 N–H and O–H groups in total. The van der Waals surface area contributed by atoms with Gasteiger partial charge in [0.1, 0.15) is 11.5 Å². The van der Waals surface area contributed by atoms with Gasteiger partial charge in [-0.3, -0.25) is 0 Å². The fourth-order valence-electron chi connectivity index (χ4n) is 1.86. The molecule has 0 aliphatic heterocycles. The second-order valence-electron chi connectivity index (χ2n) is 4.25. The smallest absolute Gasteiger partial charge is 0.141 e. The number of ether oxygens (including phenoxy) is 2. The van der Waals surface area contributed by atoms with Crippen molar-refractivity contribution in [2.24, 2.45) is 0 Å². The van der Waals surface area contributed by atoms with Crippen molar-refractivity contribution in [3.8, 4) is 11.5 Å². The molecule has 1 aromatic rings. The average Bonchev–Trinajstić information content (AvgIpc) is 2.38. The Bertz CT molecular complexity index is 413. The Morgan fingerprint density at radius 3 is 2.39 bits per heavy atom. The van der Waals surface area contributed by atoms with Crippen molar-refractivity contribution in [1.29, 1.82) is 0 Å². The lowest BCUT2D eigenvalue weighted by atomic mass is 9.96. The molecule has 0 saturated carbocycles. The summed E-state index contributed by atoms with van der Waals surface area (Å²) in [7, 11) is 3.27. The van der Waals surface area contributed by atoms with Crippen LogP contribution >= 0.6 is 11.6 Å². The first kappa shape index (κ1) is 14.9. The molecule has 100 valence electrons. The summed E-state index contributed by atoms with van der Waals surface area (Å²) in [4.78, 5) is 0. The molecule has 1 aromatic carbocycles. The zero-order chi connectivity index (χ0) is 13.5. The van der Waals surface area contributed by atoms with Gasteiger partial charge in [0, 0.05) is 6.07 Å². The molecule has 0 radical (unpaired) electrons. The van der Waals surface area contributed by atoms with Gasteiger partial charge >= 0.3 is 0 Å². The third kappa shape index (κ3) is 3.67. The number of halogens is 1. The minimum absolute atomic E-state index is 0.367. The molecule has 1 unspecified atom stereocenters. The number of hydrogen-bond donors (Lipinski definition) is 0. The summed E-state index contributed by atoms with van der Waals surface area (Å²) in [6, 6.07) is 3.78. The third-order valence-corrected chi connectivity index (χ3v) is 3.22. The highest BCUT2D eigenvalue weighted by Crippen LogP contribution is 2.37. The highest BCUT2D eigenvalue weighted by Gasteiger charge is 2.14. The lowest BCUT2D eigenvalue weighted by Crippen LogP contribution is -1.98. The van der Waals surface area contributed by atoms with Crippen LogP contribution in [0.5, 0.6) is 11.5 Å². The van der Waals surface area contributed by atoms with Crippen molar-refractivity contribution < 1.29 is 9.47 Å². The second kappa shape index (κ2) is 7.32. The van der Waals surface area contributed by atoms with E-state index in [0.717, 1.165) is 24.2 Å². The summed E-state index contributed by atoms with van der Waals surface area (Å²) < 4.78 is 10.6. The summed E-state index contributed by atoms with van der Waals surface area (Å²) in [6.45, 7) is 4.30. The molecule has 0 heterocycles. The van der Waals surface area contributed by atoms with Crippen LogP contribution in [0.25, 0.3) is 0 Å². The summed E-state index contributed by atoms with van der Waals surface area (Å²) >= 11 is 6.17. The number of allylic oxidation sites excluding steroid dienone is 2. The Morgan fingerprint density at radius 1 is 1.17 bits per heavy atom. The SMILES string of the molecule is CC/C=C\CC(C)c1cc(Cl)c(OC)cc1OC. The topological polar surface area (TPSA) is 18.5 Å². The first-order chi connectivity index (χ1) is 8.63. The van der Waals surface area contributed by atoms with E-state index in [2.05, 4.69) is 26.0 Å². The van der Waals surface area contributed by atoms with E-state index in [9.17, 15) is 0 Å². The average molecular weight is 269 g/mol. The van der Waals surface area contributed by atoms with E-state index in [0.29, 0.717) is 16.7 Å². The fourth-order valence-corrected chi connectivity index (χ4v) is 2.11. The lowest BCUT2D eigenvalue weighted by molar-refractivity contribution is 0.389. The van der Waals surface area contributed by atoms with Gasteiger partial charge in [0.2, 0.25) is 0 Å². The first-order valence-corrected chi connectivity index (χ1v) is 6.58. The summed E-state index contributed by atoms with van der Waals surface area (Å²) in [5, 5.41) is 0.625. The number of benzene rings is 1. The van der Waals surface area contributed by atoms with Gasteiger partial charge in [-0.05, 0) is 30.4 Å². The number of hydrogen-bond acceptors (Lipinski definition) is 2. The van der Waals surface area contributed by atoms with Crippen molar-refractivity contribution in [3.63, 3.8) is 0 Å². The van der Waals surface area contributed by atoms with Gasteiger partial charge in [-0.15, -0.1) is 0 Å². The van der Waals surface area contributed by atoms with Crippen LogP contribution in [0.4, 0.5) is 0 Å². The van der Waals surface area contributed by atoms with E-state index >= 15 is 0 Å². The van der Waals surface area contributed by atoms with E-state index < -0.39 is 0 Å². The molecule has 1 rings (SSSR count). The molecule has 3 heteroatoms. The Labute approximate surface area is 115 Å². The molecule has 0 spiro atoms. The van der Waals surface area contributed by atoms with Crippen LogP contribution in [0.2, 0.25) is 5.02 Å². The molecule has 0 aliphatic rings. The first-order valence-electron chi connectivity index (χ1n) is 6.20. The van der Waals surface area contributed by atoms with Gasteiger partial charge < -0.3 is 9.47 Å². The molecule has 0 saturated heterocycles. The summed E-state index contributed by atoms with van der Waals surface area (Å²) in [6.07, 6.45) is 6.41. The Kier molecular flexibility index (Phi) is 6.06. The van der Waals surface area contributed by atoms with Gasteiger partial charge in [-0.25, -0.2) is 0 Å². The normalized spacial score (nSPS) is 12.7. The van der Waals surface area contributed by atoms with E-state index in [4.69, 9.17) is 21.1 Å². The van der Waals surface area contributed by atoms with Crippen LogP contribution < -0.4 is 9.47 Å². The molecular weight excluding hydrogens is 248 g/mol. The maximum atomic E-state index is 6.17. The standard InChI is InChI=1S/C15H21ClO2/c1-5-6-7-8-11(2)12-9-13(16)15(18-4)10-14(12)17-3/h6-7,9-11H,5,8H2,1-4H3/b7-6-. The molecule has 2 nitrogen and oxygen atoms in total. The Hall–Kier alpha value is -1.15. The Balaban J connectivity index is 2.99. The van der Waals surface area contributed by atoms with Crippen molar-refractivity contribution in [2.75, 3.05) is 14.2 Å². The van der Waals surface area contributed by atoms with Gasteiger partial charge in [0.05, 0.1) is 19.2 Å². The molecule has 0 bridgehead atoms. The molecule has 18 heavy (non-hydrogen) atoms. The predicted octanol–water partition coefficient (Wildman–Crippen LogP) is 4.82. The van der Waals surface area contributed by atoms with Crippen molar-refractivity contribution in [3.05, 3.63) is 34.9 Å². The lowest BCUT2D eigenvalue weighted by Gasteiger charge is -2.16. The second-order valence-corrected chi connectivity index (χ2v) is 4.65. The van der Waals surface area contributed by atoms with E-state index in [1.54, 1.807) is 14.2 Å². The maximum absolute atomic E-state index is 6.17. The van der Waals surface area contributed by atoms with Crippen LogP contribution in [-0.4, -0.2) is 14.2 Å². The van der Waals surface area contributed by atoms with Gasteiger partial charge in [0.25, 0.3) is 0 Å². The monoisotopic (exact) mass is 268 g/mol. The van der Waals surface area contributed by atoms with Crippen LogP contribution in [-0.2, 0) is 0 Å². The zero-order valence-corrected chi connectivity index (χ0v) is 12.3. The Morgan fingerprint density at radius 2 is 1.83 bits per heavy atom. The largest absolute Gasteiger partial charge is 0.496 e. The fraction of sp³-hybridized carbons (Fsp3) is 0.467. The number of rotatable bonds is 6. The molecule has 0 aromatic heterocycles. The van der Waals surface area contributed by atoms with E-state index in [1.165, 1.54) is 0 Å². The van der Waals surface area contributed by atoms with Gasteiger partial charge in [0.15, 0.2) is 0 Å². The van der Waals surface area contributed by atoms with Crippen LogP contribution in [0.1, 0.15) is 38.2 Å². The van der Waals surface area contributed by atoms with Crippen molar-refractivity contribution in [1.82, 2.24) is 0 Å². The summed E-state index contributed by atoms with van der Waals surface area (Å²) in [5.74, 6) is 1.84. The van der Waals surface area contributed by atoms with Crippen molar-refractivity contribution >= 4 is 11.6 Å². The minimum atomic E-state index is 0.367. The van der Waals surface area contributed by atoms with Crippen LogP contribution in [0.3, 0.4) is 0 Å². The third-order valence-electron chi connectivity index (χ3n) is 2.93. The maximum Gasteiger partial charge on any atom is 0.141 e. The van der Waals surface area contributed by atoms with Gasteiger partial charge in [-0.1, -0.05) is 37.6 Å². The quantitative estimate of drug-likeness (QED) is 0.689. The molecule has 0 fully saturated rings. The molecule has 0 aliphatic carbocycles. The molecule has 1 atom stereocenters. The van der Waals surface area contributed by atoms with Crippen LogP contribution in [0.15, 0.2) is 24.3 Å². The van der Waals surface area contributed by atoms with E-state index in [1.807, 2.05) is 12.1 Å². The minimum Gasteiger partial charge on any atom is -0.496 e. The molecule has 0 amide bonds. The van der Waals surface area contributed by atoms with Crippen molar-refractivity contribution in [2.45, 2.75) is 32.6 Å². The van der Waals surface area contributed by atoms with E-state index in [-0.39, 0.29) is 0 Å². The zero-order valence-electron chi connectivity index (χ0n) is 11.5. The van der Waals surface area contributed by atoms with Crippen LogP contribution in [0, 0.1) is 0 Å². The van der Waals surface area contributed by atoms with Gasteiger partial charge in [-0.2, -0.15) is 0 Å². The summed E-state index contributed by atoms with van der Waals surface area (Å²) in [5.41, 5.74) is 1.11. The highest BCUT2D eigenvalue weighted by molar-refractivity contribution is 6.32. The molecular formula is C15H21ClO2.